The lowest BCUT2D eigenvalue weighted by Crippen LogP contribution is -2.05. The van der Waals surface area contributed by atoms with Crippen molar-refractivity contribution in [2.75, 3.05) is 0 Å². The Kier molecular flexibility index (Phi) is 4.18. The third-order valence-corrected chi connectivity index (χ3v) is 2.72. The Morgan fingerprint density at radius 1 is 1.11 bits per heavy atom. The predicted molar refractivity (Wildman–Crippen MR) is 74.2 cm³/mol. The van der Waals surface area contributed by atoms with Gasteiger partial charge in [0.2, 0.25) is 0 Å². The Hall–Kier alpha value is -2.29. The summed E-state index contributed by atoms with van der Waals surface area (Å²) in [6.07, 6.45) is 0.275. The largest absolute Gasteiger partial charge is 0.489 e. The molecule has 0 saturated heterocycles. The molecule has 0 fully saturated rings. The summed E-state index contributed by atoms with van der Waals surface area (Å²) in [7, 11) is 0. The van der Waals surface area contributed by atoms with Gasteiger partial charge in [-0.1, -0.05) is 43.0 Å². The van der Waals surface area contributed by atoms with Crippen LogP contribution < -0.4 is 10.5 Å². The molecule has 0 aliphatic rings. The van der Waals surface area contributed by atoms with E-state index in [1.54, 1.807) is 12.1 Å². The van der Waals surface area contributed by atoms with Crippen molar-refractivity contribution >= 4 is 0 Å². The molecule has 0 radical (unpaired) electrons. The standard InChI is InChI=1S/C16H16FNO/c1-12(18)10-14-15(17)8-5-9-16(14)19-11-13-6-3-2-4-7-13/h2-9H,1,10-11,18H2. The fourth-order valence-electron chi connectivity index (χ4n) is 1.81. The maximum Gasteiger partial charge on any atom is 0.130 e. The topological polar surface area (TPSA) is 35.2 Å². The summed E-state index contributed by atoms with van der Waals surface area (Å²) in [5, 5.41) is 0. The summed E-state index contributed by atoms with van der Waals surface area (Å²) in [5.74, 6) is 0.188. The summed E-state index contributed by atoms with van der Waals surface area (Å²) in [6, 6.07) is 14.5. The molecule has 0 spiro atoms. The third-order valence-electron chi connectivity index (χ3n) is 2.72. The van der Waals surface area contributed by atoms with Crippen LogP contribution in [0.1, 0.15) is 11.1 Å². The van der Waals surface area contributed by atoms with Gasteiger partial charge in [0.15, 0.2) is 0 Å². The lowest BCUT2D eigenvalue weighted by Gasteiger charge is -2.12. The Bertz CT molecular complexity index is 566. The Morgan fingerprint density at radius 2 is 1.84 bits per heavy atom. The van der Waals surface area contributed by atoms with Crippen molar-refractivity contribution in [1.82, 2.24) is 0 Å². The third kappa shape index (κ3) is 3.58. The molecule has 2 nitrogen and oxygen atoms in total. The second-order valence-electron chi connectivity index (χ2n) is 4.33. The fourth-order valence-corrected chi connectivity index (χ4v) is 1.81. The van der Waals surface area contributed by atoms with Crippen LogP contribution in [0.4, 0.5) is 4.39 Å². The van der Waals surface area contributed by atoms with E-state index in [0.717, 1.165) is 5.56 Å². The smallest absolute Gasteiger partial charge is 0.130 e. The lowest BCUT2D eigenvalue weighted by molar-refractivity contribution is 0.301. The van der Waals surface area contributed by atoms with Gasteiger partial charge in [0.05, 0.1) is 0 Å². The molecular weight excluding hydrogens is 241 g/mol. The highest BCUT2D eigenvalue weighted by molar-refractivity contribution is 5.37. The Morgan fingerprint density at radius 3 is 2.53 bits per heavy atom. The van der Waals surface area contributed by atoms with Crippen molar-refractivity contribution in [1.29, 1.82) is 0 Å². The maximum atomic E-state index is 13.8. The Balaban J connectivity index is 2.15. The predicted octanol–water partition coefficient (Wildman–Crippen LogP) is 3.42. The van der Waals surface area contributed by atoms with E-state index in [2.05, 4.69) is 6.58 Å². The van der Waals surface area contributed by atoms with Gasteiger partial charge in [-0.3, -0.25) is 0 Å². The highest BCUT2D eigenvalue weighted by Gasteiger charge is 2.10. The molecule has 0 bridgehead atoms. The van der Waals surface area contributed by atoms with E-state index in [4.69, 9.17) is 10.5 Å². The van der Waals surface area contributed by atoms with Gasteiger partial charge in [0, 0.05) is 17.7 Å². The summed E-state index contributed by atoms with van der Waals surface area (Å²) in [4.78, 5) is 0. The van der Waals surface area contributed by atoms with Crippen LogP contribution in [0, 0.1) is 5.82 Å². The Labute approximate surface area is 112 Å². The molecule has 19 heavy (non-hydrogen) atoms. The van der Waals surface area contributed by atoms with Crippen molar-refractivity contribution in [2.45, 2.75) is 13.0 Å². The minimum absolute atomic E-state index is 0.275. The summed E-state index contributed by atoms with van der Waals surface area (Å²) in [6.45, 7) is 4.00. The fraction of sp³-hybridized carbons (Fsp3) is 0.125. The molecule has 2 N–H and O–H groups in total. The van der Waals surface area contributed by atoms with Crippen LogP contribution in [0.15, 0.2) is 60.8 Å². The van der Waals surface area contributed by atoms with Crippen LogP contribution in [0.5, 0.6) is 5.75 Å². The highest BCUT2D eigenvalue weighted by Crippen LogP contribution is 2.24. The quantitative estimate of drug-likeness (QED) is 0.890. The van der Waals surface area contributed by atoms with Gasteiger partial charge in [-0.25, -0.2) is 4.39 Å². The number of benzene rings is 2. The number of halogens is 1. The first-order valence-corrected chi connectivity index (χ1v) is 6.04. The first-order valence-electron chi connectivity index (χ1n) is 6.04. The normalized spacial score (nSPS) is 10.2. The van der Waals surface area contributed by atoms with Gasteiger partial charge in [-0.05, 0) is 17.7 Å². The van der Waals surface area contributed by atoms with Crippen molar-refractivity contribution in [3.8, 4) is 5.75 Å². The van der Waals surface area contributed by atoms with Crippen LogP contribution in [-0.4, -0.2) is 0 Å². The summed E-state index contributed by atoms with van der Waals surface area (Å²) < 4.78 is 19.4. The molecule has 2 aromatic carbocycles. The van der Waals surface area contributed by atoms with E-state index in [-0.39, 0.29) is 12.2 Å². The second kappa shape index (κ2) is 6.05. The molecule has 0 saturated carbocycles. The molecule has 3 heteroatoms. The van der Waals surface area contributed by atoms with E-state index in [9.17, 15) is 4.39 Å². The second-order valence-corrected chi connectivity index (χ2v) is 4.33. The van der Waals surface area contributed by atoms with Crippen LogP contribution in [-0.2, 0) is 13.0 Å². The van der Waals surface area contributed by atoms with E-state index in [1.165, 1.54) is 6.07 Å². The highest BCUT2D eigenvalue weighted by atomic mass is 19.1. The van der Waals surface area contributed by atoms with E-state index < -0.39 is 0 Å². The minimum Gasteiger partial charge on any atom is -0.489 e. The van der Waals surface area contributed by atoms with Crippen molar-refractivity contribution in [2.24, 2.45) is 5.73 Å². The average molecular weight is 257 g/mol. The zero-order chi connectivity index (χ0) is 13.7. The molecule has 0 aliphatic carbocycles. The number of hydrogen-bond donors (Lipinski definition) is 1. The molecule has 0 unspecified atom stereocenters. The van der Waals surface area contributed by atoms with Crippen molar-refractivity contribution in [3.63, 3.8) is 0 Å². The molecule has 2 rings (SSSR count). The zero-order valence-corrected chi connectivity index (χ0v) is 10.6. The molecule has 98 valence electrons. The molecule has 0 atom stereocenters. The number of hydrogen-bond acceptors (Lipinski definition) is 2. The summed E-state index contributed by atoms with van der Waals surface area (Å²) >= 11 is 0. The van der Waals surface area contributed by atoms with Crippen LogP contribution >= 0.6 is 0 Å². The van der Waals surface area contributed by atoms with Crippen LogP contribution in [0.2, 0.25) is 0 Å². The first kappa shape index (κ1) is 13.1. The van der Waals surface area contributed by atoms with Gasteiger partial charge in [-0.2, -0.15) is 0 Å². The van der Waals surface area contributed by atoms with Crippen molar-refractivity contribution in [3.05, 3.63) is 77.8 Å². The van der Waals surface area contributed by atoms with Gasteiger partial charge in [-0.15, -0.1) is 0 Å². The lowest BCUT2D eigenvalue weighted by atomic mass is 10.1. The van der Waals surface area contributed by atoms with E-state index in [0.29, 0.717) is 23.6 Å². The number of nitrogens with two attached hydrogens (primary N) is 1. The van der Waals surface area contributed by atoms with Gasteiger partial charge in [0.25, 0.3) is 0 Å². The van der Waals surface area contributed by atoms with E-state index in [1.807, 2.05) is 30.3 Å². The molecule has 0 amide bonds. The minimum atomic E-state index is -0.322. The molecule has 0 aliphatic heterocycles. The monoisotopic (exact) mass is 257 g/mol. The van der Waals surface area contributed by atoms with Gasteiger partial charge < -0.3 is 10.5 Å². The van der Waals surface area contributed by atoms with Crippen LogP contribution in [0.25, 0.3) is 0 Å². The zero-order valence-electron chi connectivity index (χ0n) is 10.6. The SMILES string of the molecule is C=C(N)Cc1c(F)cccc1OCc1ccccc1. The van der Waals surface area contributed by atoms with Crippen LogP contribution in [0.3, 0.4) is 0 Å². The maximum absolute atomic E-state index is 13.8. The molecule has 2 aromatic rings. The summed E-state index contributed by atoms with van der Waals surface area (Å²) in [5.41, 5.74) is 7.45. The average Bonchev–Trinajstić information content (AvgIpc) is 2.40. The number of rotatable bonds is 5. The van der Waals surface area contributed by atoms with Gasteiger partial charge >= 0.3 is 0 Å². The molecule has 0 aromatic heterocycles. The van der Waals surface area contributed by atoms with Gasteiger partial charge in [0.1, 0.15) is 18.2 Å². The van der Waals surface area contributed by atoms with Crippen molar-refractivity contribution < 1.29 is 9.13 Å². The first-order chi connectivity index (χ1) is 9.16. The number of ether oxygens (including phenoxy) is 1. The number of allylic oxidation sites excluding steroid dienone is 1. The van der Waals surface area contributed by atoms with E-state index >= 15 is 0 Å². The molecular formula is C16H16FNO. The molecule has 0 heterocycles.